The van der Waals surface area contributed by atoms with Gasteiger partial charge in [-0.25, -0.2) is 0 Å². The number of hydrogen-bond donors (Lipinski definition) is 0. The largest absolute Gasteiger partial charge is 0.362 e. The third kappa shape index (κ3) is 5.57. The van der Waals surface area contributed by atoms with Gasteiger partial charge in [0.1, 0.15) is 6.23 Å². The van der Waals surface area contributed by atoms with Gasteiger partial charge in [0.05, 0.1) is 6.61 Å². The van der Waals surface area contributed by atoms with E-state index in [0.717, 1.165) is 26.1 Å². The van der Waals surface area contributed by atoms with Crippen LogP contribution in [0.1, 0.15) is 40.0 Å². The van der Waals surface area contributed by atoms with Crippen LogP contribution in [0.2, 0.25) is 0 Å². The van der Waals surface area contributed by atoms with Gasteiger partial charge in [-0.2, -0.15) is 0 Å². The molecule has 1 fully saturated rings. The molecule has 2 amide bonds. The van der Waals surface area contributed by atoms with Gasteiger partial charge < -0.3 is 14.5 Å². The van der Waals surface area contributed by atoms with Crippen molar-refractivity contribution in [1.82, 2.24) is 14.7 Å². The lowest BCUT2D eigenvalue weighted by molar-refractivity contribution is -0.134. The van der Waals surface area contributed by atoms with Gasteiger partial charge in [-0.05, 0) is 6.42 Å². The summed E-state index contributed by atoms with van der Waals surface area (Å²) in [7, 11) is 1.79. The molecule has 0 saturated carbocycles. The van der Waals surface area contributed by atoms with E-state index >= 15 is 0 Å². The molecule has 0 bridgehead atoms. The first kappa shape index (κ1) is 18.9. The number of amides is 2. The first-order valence-corrected chi connectivity index (χ1v) is 8.40. The highest BCUT2D eigenvalue weighted by atomic mass is 16.5. The molecule has 1 atom stereocenters. The first-order valence-electron chi connectivity index (χ1n) is 8.40. The summed E-state index contributed by atoms with van der Waals surface area (Å²) in [6, 6.07) is 0. The van der Waals surface area contributed by atoms with Gasteiger partial charge in [-0.3, -0.25) is 14.5 Å². The summed E-state index contributed by atoms with van der Waals surface area (Å²) < 4.78 is 5.65. The number of carbonyl (C=O) groups excluding carboxylic acids is 2. The maximum Gasteiger partial charge on any atom is 0.222 e. The number of nitrogens with zero attached hydrogens (tertiary/aromatic N) is 3. The maximum absolute atomic E-state index is 12.1. The van der Waals surface area contributed by atoms with Crippen LogP contribution in [0.15, 0.2) is 0 Å². The summed E-state index contributed by atoms with van der Waals surface area (Å²) in [6.07, 6.45) is 2.15. The topological polar surface area (TPSA) is 53.1 Å². The van der Waals surface area contributed by atoms with Crippen LogP contribution in [-0.2, 0) is 14.3 Å². The number of hydrogen-bond acceptors (Lipinski definition) is 4. The van der Waals surface area contributed by atoms with Crippen molar-refractivity contribution in [2.75, 3.05) is 46.4 Å². The van der Waals surface area contributed by atoms with Crippen molar-refractivity contribution in [1.29, 1.82) is 0 Å². The second kappa shape index (κ2) is 9.79. The van der Waals surface area contributed by atoms with E-state index in [1.54, 1.807) is 11.9 Å². The van der Waals surface area contributed by atoms with E-state index in [9.17, 15) is 9.59 Å². The summed E-state index contributed by atoms with van der Waals surface area (Å²) in [5.41, 5.74) is 0. The van der Waals surface area contributed by atoms with Crippen molar-refractivity contribution in [3.05, 3.63) is 0 Å². The minimum absolute atomic E-state index is 0.114. The molecule has 0 spiro atoms. The van der Waals surface area contributed by atoms with Crippen LogP contribution in [0.25, 0.3) is 0 Å². The zero-order valence-corrected chi connectivity index (χ0v) is 14.5. The maximum atomic E-state index is 12.1. The fourth-order valence-corrected chi connectivity index (χ4v) is 2.69. The molecule has 0 N–H and O–H groups in total. The quantitative estimate of drug-likeness (QED) is 0.641. The zero-order valence-electron chi connectivity index (χ0n) is 14.5. The third-order valence-corrected chi connectivity index (χ3v) is 4.19. The molecule has 6 nitrogen and oxygen atoms in total. The second-order valence-electron chi connectivity index (χ2n) is 5.67. The molecule has 0 aromatic carbocycles. The lowest BCUT2D eigenvalue weighted by atomic mass is 10.3. The lowest BCUT2D eigenvalue weighted by Gasteiger charge is -2.29. The average molecular weight is 313 g/mol. The smallest absolute Gasteiger partial charge is 0.222 e. The molecule has 1 aliphatic rings. The molecule has 6 heteroatoms. The molecule has 0 aromatic rings. The minimum atomic E-state index is 0.114. The highest BCUT2D eigenvalue weighted by molar-refractivity contribution is 5.76. The van der Waals surface area contributed by atoms with E-state index in [0.29, 0.717) is 32.5 Å². The minimum Gasteiger partial charge on any atom is -0.362 e. The standard InChI is InChI=1S/C16H31N3O3/c1-5-14(20)17(4)8-9-18(15(21)6-2)10-11-19-12-13-22-16(19)7-3/h16H,5-13H2,1-4H3. The predicted molar refractivity (Wildman–Crippen MR) is 86.4 cm³/mol. The number of likely N-dealkylation sites (N-methyl/N-ethyl adjacent to an activating group) is 1. The normalized spacial score (nSPS) is 18.5. The summed E-state index contributed by atoms with van der Waals surface area (Å²) in [5, 5.41) is 0. The SMILES string of the molecule is CCC(=O)N(C)CCN(CCN1CCOC1CC)C(=O)CC. The van der Waals surface area contributed by atoms with Crippen LogP contribution in [0.4, 0.5) is 0 Å². The Morgan fingerprint density at radius 2 is 1.77 bits per heavy atom. The van der Waals surface area contributed by atoms with Crippen molar-refractivity contribution in [2.45, 2.75) is 46.3 Å². The Kier molecular flexibility index (Phi) is 8.42. The molecule has 1 heterocycles. The number of ether oxygens (including phenoxy) is 1. The Morgan fingerprint density at radius 1 is 1.09 bits per heavy atom. The summed E-state index contributed by atoms with van der Waals surface area (Å²) in [5.74, 6) is 0.258. The number of carbonyl (C=O) groups is 2. The molecule has 0 aromatic heterocycles. The molecule has 22 heavy (non-hydrogen) atoms. The molecule has 0 radical (unpaired) electrons. The van der Waals surface area contributed by atoms with Crippen LogP contribution in [-0.4, -0.2) is 79.1 Å². The summed E-state index contributed by atoms with van der Waals surface area (Å²) >= 11 is 0. The first-order chi connectivity index (χ1) is 10.5. The van der Waals surface area contributed by atoms with Crippen molar-refractivity contribution >= 4 is 11.8 Å². The highest BCUT2D eigenvalue weighted by Crippen LogP contribution is 2.12. The van der Waals surface area contributed by atoms with Crippen LogP contribution in [0.3, 0.4) is 0 Å². The molecule has 1 saturated heterocycles. The molecule has 128 valence electrons. The van der Waals surface area contributed by atoms with E-state index < -0.39 is 0 Å². The van der Waals surface area contributed by atoms with Crippen molar-refractivity contribution in [3.8, 4) is 0 Å². The van der Waals surface area contributed by atoms with Crippen LogP contribution < -0.4 is 0 Å². The van der Waals surface area contributed by atoms with E-state index in [-0.39, 0.29) is 18.0 Å². The Balaban J connectivity index is 2.47. The van der Waals surface area contributed by atoms with Crippen LogP contribution in [0.5, 0.6) is 0 Å². The van der Waals surface area contributed by atoms with Gasteiger partial charge in [0.15, 0.2) is 0 Å². The van der Waals surface area contributed by atoms with Crippen molar-refractivity contribution in [2.24, 2.45) is 0 Å². The molecular formula is C16H31N3O3. The fraction of sp³-hybridized carbons (Fsp3) is 0.875. The van der Waals surface area contributed by atoms with Crippen molar-refractivity contribution < 1.29 is 14.3 Å². The molecule has 0 aliphatic carbocycles. The van der Waals surface area contributed by atoms with Gasteiger partial charge in [0, 0.05) is 52.6 Å². The lowest BCUT2D eigenvalue weighted by Crippen LogP contribution is -2.43. The molecule has 1 rings (SSSR count). The van der Waals surface area contributed by atoms with E-state index in [2.05, 4.69) is 11.8 Å². The Hall–Kier alpha value is -1.14. The van der Waals surface area contributed by atoms with Gasteiger partial charge in [-0.1, -0.05) is 20.8 Å². The Bertz CT molecular complexity index is 363. The van der Waals surface area contributed by atoms with E-state index in [4.69, 9.17) is 4.74 Å². The second-order valence-corrected chi connectivity index (χ2v) is 5.67. The third-order valence-electron chi connectivity index (χ3n) is 4.19. The van der Waals surface area contributed by atoms with E-state index in [1.165, 1.54) is 0 Å². The van der Waals surface area contributed by atoms with Crippen molar-refractivity contribution in [3.63, 3.8) is 0 Å². The van der Waals surface area contributed by atoms with Crippen LogP contribution in [0, 0.1) is 0 Å². The molecule has 1 unspecified atom stereocenters. The Morgan fingerprint density at radius 3 is 2.36 bits per heavy atom. The monoisotopic (exact) mass is 313 g/mol. The number of rotatable bonds is 9. The van der Waals surface area contributed by atoms with Crippen LogP contribution >= 0.6 is 0 Å². The van der Waals surface area contributed by atoms with Gasteiger partial charge in [0.2, 0.25) is 11.8 Å². The Labute approximate surface area is 134 Å². The summed E-state index contributed by atoms with van der Waals surface area (Å²) in [6.45, 7) is 10.3. The van der Waals surface area contributed by atoms with Gasteiger partial charge in [0.25, 0.3) is 0 Å². The van der Waals surface area contributed by atoms with E-state index in [1.807, 2.05) is 18.7 Å². The zero-order chi connectivity index (χ0) is 16.5. The fourth-order valence-electron chi connectivity index (χ4n) is 2.69. The molecule has 1 aliphatic heterocycles. The predicted octanol–water partition coefficient (Wildman–Crippen LogP) is 1.16. The summed E-state index contributed by atoms with van der Waals surface area (Å²) in [4.78, 5) is 29.6. The van der Waals surface area contributed by atoms with Gasteiger partial charge >= 0.3 is 0 Å². The average Bonchev–Trinajstić information content (AvgIpc) is 3.00. The highest BCUT2D eigenvalue weighted by Gasteiger charge is 2.24. The molecular weight excluding hydrogens is 282 g/mol. The van der Waals surface area contributed by atoms with Gasteiger partial charge in [-0.15, -0.1) is 0 Å².